The summed E-state index contributed by atoms with van der Waals surface area (Å²) >= 11 is 0. The molecule has 4 nitrogen and oxygen atoms in total. The Labute approximate surface area is 55.1 Å². The van der Waals surface area contributed by atoms with E-state index >= 15 is 0 Å². The summed E-state index contributed by atoms with van der Waals surface area (Å²) in [5, 5.41) is 1.58. The van der Waals surface area contributed by atoms with Crippen LogP contribution in [-0.2, 0) is 0 Å². The molecule has 1 aliphatic rings. The highest BCUT2D eigenvalue weighted by Crippen LogP contribution is 2.19. The van der Waals surface area contributed by atoms with Crippen LogP contribution in [0.15, 0.2) is 0 Å². The standard InChI is InChI=1S/C5H14N4/c1-8-9(7)5-3-2-4(5)6/h4-5,8H,2-3,6-7H2,1H3. The van der Waals surface area contributed by atoms with E-state index in [-0.39, 0.29) is 6.04 Å². The Morgan fingerprint density at radius 1 is 1.56 bits per heavy atom. The van der Waals surface area contributed by atoms with Crippen LogP contribution in [0.1, 0.15) is 12.8 Å². The van der Waals surface area contributed by atoms with Crippen molar-refractivity contribution in [2.24, 2.45) is 11.6 Å². The largest absolute Gasteiger partial charge is 0.326 e. The minimum atomic E-state index is 0.266. The number of hydrogen-bond acceptors (Lipinski definition) is 4. The average molecular weight is 130 g/mol. The molecule has 0 radical (unpaired) electrons. The van der Waals surface area contributed by atoms with Crippen LogP contribution in [0.2, 0.25) is 0 Å². The van der Waals surface area contributed by atoms with Gasteiger partial charge in [-0.2, -0.15) is 5.12 Å². The molecule has 0 heterocycles. The van der Waals surface area contributed by atoms with Gasteiger partial charge in [0, 0.05) is 13.1 Å². The highest BCUT2D eigenvalue weighted by Gasteiger charge is 2.30. The van der Waals surface area contributed by atoms with Gasteiger partial charge >= 0.3 is 0 Å². The highest BCUT2D eigenvalue weighted by atomic mass is 15.7. The second-order valence-corrected chi connectivity index (χ2v) is 2.44. The summed E-state index contributed by atoms with van der Waals surface area (Å²) in [6.45, 7) is 0. The zero-order valence-corrected chi connectivity index (χ0v) is 5.67. The molecule has 9 heavy (non-hydrogen) atoms. The Balaban J connectivity index is 2.25. The van der Waals surface area contributed by atoms with E-state index in [1.165, 1.54) is 0 Å². The number of rotatable bonds is 2. The molecule has 0 amide bonds. The Morgan fingerprint density at radius 3 is 2.33 bits per heavy atom. The van der Waals surface area contributed by atoms with E-state index in [4.69, 9.17) is 11.6 Å². The van der Waals surface area contributed by atoms with Crippen LogP contribution in [-0.4, -0.2) is 24.2 Å². The molecule has 0 spiro atoms. The predicted molar refractivity (Wildman–Crippen MR) is 36.1 cm³/mol. The first-order chi connectivity index (χ1) is 4.25. The summed E-state index contributed by atoms with van der Waals surface area (Å²) in [5.41, 5.74) is 8.47. The van der Waals surface area contributed by atoms with Gasteiger partial charge in [0.2, 0.25) is 0 Å². The Hall–Kier alpha value is -0.160. The molecule has 5 N–H and O–H groups in total. The molecule has 0 bridgehead atoms. The van der Waals surface area contributed by atoms with Crippen molar-refractivity contribution in [2.75, 3.05) is 7.05 Å². The van der Waals surface area contributed by atoms with Gasteiger partial charge in [-0.3, -0.25) is 5.84 Å². The maximum absolute atomic E-state index is 5.64. The molecule has 1 saturated carbocycles. The van der Waals surface area contributed by atoms with E-state index in [2.05, 4.69) is 5.43 Å². The van der Waals surface area contributed by atoms with E-state index < -0.39 is 0 Å². The van der Waals surface area contributed by atoms with Gasteiger partial charge < -0.3 is 5.73 Å². The molecular formula is C5H14N4. The van der Waals surface area contributed by atoms with Crippen LogP contribution in [0.5, 0.6) is 0 Å². The lowest BCUT2D eigenvalue weighted by molar-refractivity contribution is 0.0633. The first-order valence-electron chi connectivity index (χ1n) is 3.22. The second-order valence-electron chi connectivity index (χ2n) is 2.44. The number of nitrogens with zero attached hydrogens (tertiary/aromatic N) is 1. The fourth-order valence-electron chi connectivity index (χ4n) is 1.02. The van der Waals surface area contributed by atoms with Crippen molar-refractivity contribution < 1.29 is 0 Å². The summed E-state index contributed by atoms with van der Waals surface area (Å²) in [6, 6.07) is 0.609. The molecule has 0 aromatic rings. The van der Waals surface area contributed by atoms with Crippen LogP contribution < -0.4 is 17.0 Å². The van der Waals surface area contributed by atoms with Gasteiger partial charge in [-0.25, -0.2) is 5.43 Å². The van der Waals surface area contributed by atoms with Gasteiger partial charge in [0.25, 0.3) is 0 Å². The summed E-state index contributed by atoms with van der Waals surface area (Å²) in [7, 11) is 1.80. The quantitative estimate of drug-likeness (QED) is 0.324. The van der Waals surface area contributed by atoms with Crippen LogP contribution in [0, 0.1) is 0 Å². The summed E-state index contributed by atoms with van der Waals surface area (Å²) in [6.07, 6.45) is 2.21. The Kier molecular flexibility index (Phi) is 2.02. The molecule has 0 aromatic heterocycles. The topological polar surface area (TPSA) is 67.3 Å². The maximum Gasteiger partial charge on any atom is 0.0549 e. The van der Waals surface area contributed by atoms with Gasteiger partial charge in [0.15, 0.2) is 0 Å². The number of hydrogen-bond donors (Lipinski definition) is 3. The van der Waals surface area contributed by atoms with E-state index in [0.717, 1.165) is 12.8 Å². The molecule has 1 rings (SSSR count). The van der Waals surface area contributed by atoms with E-state index in [1.54, 1.807) is 12.2 Å². The molecule has 2 unspecified atom stereocenters. The first-order valence-corrected chi connectivity index (χ1v) is 3.22. The van der Waals surface area contributed by atoms with Crippen molar-refractivity contribution in [1.29, 1.82) is 0 Å². The lowest BCUT2D eigenvalue weighted by atomic mass is 9.87. The van der Waals surface area contributed by atoms with Crippen molar-refractivity contribution in [3.8, 4) is 0 Å². The monoisotopic (exact) mass is 130 g/mol. The molecule has 0 saturated heterocycles. The summed E-state index contributed by atoms with van der Waals surface area (Å²) < 4.78 is 0. The zero-order chi connectivity index (χ0) is 6.85. The fraction of sp³-hybridized carbons (Fsp3) is 1.00. The van der Waals surface area contributed by atoms with Crippen LogP contribution in [0.4, 0.5) is 0 Å². The van der Waals surface area contributed by atoms with Crippen LogP contribution in [0.3, 0.4) is 0 Å². The average Bonchev–Trinajstić information content (AvgIpc) is 1.84. The molecule has 1 fully saturated rings. The summed E-state index contributed by atoms with van der Waals surface area (Å²) in [5.74, 6) is 5.51. The van der Waals surface area contributed by atoms with Crippen molar-refractivity contribution >= 4 is 0 Å². The summed E-state index contributed by atoms with van der Waals surface area (Å²) in [4.78, 5) is 0. The van der Waals surface area contributed by atoms with Crippen molar-refractivity contribution in [3.05, 3.63) is 0 Å². The lowest BCUT2D eigenvalue weighted by Gasteiger charge is -2.39. The van der Waals surface area contributed by atoms with Gasteiger partial charge in [0.05, 0.1) is 6.04 Å². The molecule has 2 atom stereocenters. The smallest absolute Gasteiger partial charge is 0.0549 e. The van der Waals surface area contributed by atoms with E-state index in [1.807, 2.05) is 0 Å². The van der Waals surface area contributed by atoms with Crippen LogP contribution in [0.25, 0.3) is 0 Å². The normalized spacial score (nSPS) is 34.7. The zero-order valence-electron chi connectivity index (χ0n) is 5.67. The SMILES string of the molecule is CNN(N)C1CCC1N. The second kappa shape index (κ2) is 2.62. The number of nitrogens with one attached hydrogen (secondary N) is 1. The highest BCUT2D eigenvalue weighted by molar-refractivity contribution is 4.88. The van der Waals surface area contributed by atoms with Gasteiger partial charge in [-0.05, 0) is 12.8 Å². The van der Waals surface area contributed by atoms with Gasteiger partial charge in [0.1, 0.15) is 0 Å². The van der Waals surface area contributed by atoms with Crippen LogP contribution >= 0.6 is 0 Å². The van der Waals surface area contributed by atoms with E-state index in [0.29, 0.717) is 6.04 Å². The van der Waals surface area contributed by atoms with E-state index in [9.17, 15) is 0 Å². The minimum absolute atomic E-state index is 0.266. The van der Waals surface area contributed by atoms with Crippen molar-refractivity contribution in [2.45, 2.75) is 24.9 Å². The fourth-order valence-corrected chi connectivity index (χ4v) is 1.02. The molecule has 4 heteroatoms. The maximum atomic E-state index is 5.64. The minimum Gasteiger partial charge on any atom is -0.326 e. The molecular weight excluding hydrogens is 116 g/mol. The third kappa shape index (κ3) is 1.21. The predicted octanol–water partition coefficient (Wildman–Crippen LogP) is -1.21. The third-order valence-corrected chi connectivity index (χ3v) is 1.91. The van der Waals surface area contributed by atoms with Gasteiger partial charge in [-0.1, -0.05) is 0 Å². The Morgan fingerprint density at radius 2 is 2.22 bits per heavy atom. The van der Waals surface area contributed by atoms with Crippen molar-refractivity contribution in [3.63, 3.8) is 0 Å². The van der Waals surface area contributed by atoms with Gasteiger partial charge in [-0.15, -0.1) is 0 Å². The number of nitrogens with two attached hydrogens (primary N) is 2. The molecule has 0 aromatic carbocycles. The molecule has 54 valence electrons. The number of hydrazine groups is 2. The molecule has 1 aliphatic carbocycles. The lowest BCUT2D eigenvalue weighted by Crippen LogP contribution is -2.61. The third-order valence-electron chi connectivity index (χ3n) is 1.91. The Bertz CT molecular complexity index is 95.0. The molecule has 0 aliphatic heterocycles. The first kappa shape index (κ1) is 6.95. The van der Waals surface area contributed by atoms with Crippen molar-refractivity contribution in [1.82, 2.24) is 10.5 Å².